The zero-order valence-electron chi connectivity index (χ0n) is 15.5. The van der Waals surface area contributed by atoms with E-state index in [0.717, 1.165) is 13.2 Å². The van der Waals surface area contributed by atoms with Gasteiger partial charge in [0.15, 0.2) is 0 Å². The van der Waals surface area contributed by atoms with Crippen LogP contribution in [0.2, 0.25) is 8.87 Å². The zero-order valence-corrected chi connectivity index (χ0v) is 18.4. The molecule has 0 aromatic heterocycles. The molecule has 0 radical (unpaired) electrons. The van der Waals surface area contributed by atoms with Crippen molar-refractivity contribution in [2.75, 3.05) is 13.2 Å². The molecular formula is C18H40O2Sn. The molecule has 0 fully saturated rings. The molecule has 0 spiro atoms. The van der Waals surface area contributed by atoms with Gasteiger partial charge in [-0.05, 0) is 0 Å². The molecule has 3 heteroatoms. The van der Waals surface area contributed by atoms with Crippen LogP contribution in [0.3, 0.4) is 0 Å². The molecule has 0 rings (SSSR count). The van der Waals surface area contributed by atoms with Crippen molar-refractivity contribution in [1.29, 1.82) is 0 Å². The van der Waals surface area contributed by atoms with E-state index in [0.29, 0.717) is 11.8 Å². The maximum absolute atomic E-state index is 6.57. The molecule has 0 amide bonds. The number of hydrogen-bond donors (Lipinski definition) is 0. The van der Waals surface area contributed by atoms with Gasteiger partial charge >= 0.3 is 139 Å². The summed E-state index contributed by atoms with van der Waals surface area (Å²) in [6.07, 6.45) is 7.47. The first kappa shape index (κ1) is 21.7. The Morgan fingerprint density at radius 1 is 0.714 bits per heavy atom. The van der Waals surface area contributed by atoms with Gasteiger partial charge in [-0.25, -0.2) is 0 Å². The number of rotatable bonds is 14. The van der Waals surface area contributed by atoms with Crippen molar-refractivity contribution in [3.8, 4) is 0 Å². The van der Waals surface area contributed by atoms with Crippen LogP contribution in [-0.2, 0) is 6.15 Å². The fourth-order valence-electron chi connectivity index (χ4n) is 2.17. The van der Waals surface area contributed by atoms with Gasteiger partial charge in [-0.2, -0.15) is 0 Å². The Morgan fingerprint density at radius 2 is 1.10 bits per heavy atom. The van der Waals surface area contributed by atoms with Crippen LogP contribution in [0.1, 0.15) is 80.1 Å². The molecule has 0 bridgehead atoms. The fourth-order valence-corrected chi connectivity index (χ4v) is 13.2. The van der Waals surface area contributed by atoms with Gasteiger partial charge in [-0.1, -0.05) is 0 Å². The summed E-state index contributed by atoms with van der Waals surface area (Å²) < 4.78 is 15.6. The molecule has 0 saturated carbocycles. The summed E-state index contributed by atoms with van der Waals surface area (Å²) in [7, 11) is 0. The Labute approximate surface area is 139 Å². The first-order valence-corrected chi connectivity index (χ1v) is 15.7. The summed E-state index contributed by atoms with van der Waals surface area (Å²) in [5.41, 5.74) is 0. The van der Waals surface area contributed by atoms with Crippen molar-refractivity contribution in [1.82, 2.24) is 0 Å². The molecular weight excluding hydrogens is 367 g/mol. The summed E-state index contributed by atoms with van der Waals surface area (Å²) in [6, 6.07) is 0. The van der Waals surface area contributed by atoms with Gasteiger partial charge in [0.1, 0.15) is 0 Å². The van der Waals surface area contributed by atoms with Crippen LogP contribution in [0.5, 0.6) is 0 Å². The molecule has 2 atom stereocenters. The fraction of sp³-hybridized carbons (Fsp3) is 1.00. The molecule has 0 heterocycles. The van der Waals surface area contributed by atoms with Crippen LogP contribution < -0.4 is 0 Å². The molecule has 128 valence electrons. The predicted molar refractivity (Wildman–Crippen MR) is 96.0 cm³/mol. The normalized spacial score (nSPS) is 15.1. The summed E-state index contributed by atoms with van der Waals surface area (Å²) in [6.45, 7) is 15.5. The first-order chi connectivity index (χ1) is 10.0. The van der Waals surface area contributed by atoms with Gasteiger partial charge in [0.25, 0.3) is 0 Å². The first-order valence-electron chi connectivity index (χ1n) is 9.31. The average molecular weight is 407 g/mol. The van der Waals surface area contributed by atoms with E-state index in [1.54, 1.807) is 0 Å². The van der Waals surface area contributed by atoms with E-state index >= 15 is 0 Å². The molecule has 0 aliphatic rings. The number of unbranched alkanes of at least 4 members (excludes halogenated alkanes) is 2. The van der Waals surface area contributed by atoms with Crippen LogP contribution in [0.15, 0.2) is 0 Å². The summed E-state index contributed by atoms with van der Waals surface area (Å²) >= 11 is -2.85. The van der Waals surface area contributed by atoms with Gasteiger partial charge < -0.3 is 0 Å². The molecule has 0 aromatic carbocycles. The van der Waals surface area contributed by atoms with E-state index in [1.165, 1.54) is 47.4 Å². The van der Waals surface area contributed by atoms with Gasteiger partial charge in [-0.3, -0.25) is 0 Å². The monoisotopic (exact) mass is 408 g/mol. The SMILES string of the molecule is CCC[CH2][Sn]([CH2]CCC)([O]CC(C)CC)[O]CC(C)CC. The Hall–Kier alpha value is 0.719. The van der Waals surface area contributed by atoms with Crippen molar-refractivity contribution in [2.24, 2.45) is 11.8 Å². The maximum atomic E-state index is 6.57. The van der Waals surface area contributed by atoms with E-state index in [9.17, 15) is 0 Å². The van der Waals surface area contributed by atoms with E-state index in [1.807, 2.05) is 0 Å². The predicted octanol–water partition coefficient (Wildman–Crippen LogP) is 6.15. The van der Waals surface area contributed by atoms with E-state index in [4.69, 9.17) is 6.15 Å². The van der Waals surface area contributed by atoms with Crippen molar-refractivity contribution >= 4 is 19.2 Å². The molecule has 21 heavy (non-hydrogen) atoms. The Bertz CT molecular complexity index is 209. The molecule has 0 aromatic rings. The van der Waals surface area contributed by atoms with Gasteiger partial charge in [0.2, 0.25) is 0 Å². The van der Waals surface area contributed by atoms with E-state index in [-0.39, 0.29) is 0 Å². The number of hydrogen-bond acceptors (Lipinski definition) is 2. The quantitative estimate of drug-likeness (QED) is 0.322. The molecule has 2 unspecified atom stereocenters. The van der Waals surface area contributed by atoms with Crippen molar-refractivity contribution in [2.45, 2.75) is 88.9 Å². The second kappa shape index (κ2) is 13.2. The van der Waals surface area contributed by atoms with Crippen LogP contribution >= 0.6 is 0 Å². The van der Waals surface area contributed by atoms with Crippen LogP contribution in [0, 0.1) is 11.8 Å². The molecule has 0 aliphatic heterocycles. The molecule has 0 saturated heterocycles. The van der Waals surface area contributed by atoms with Crippen molar-refractivity contribution in [3.05, 3.63) is 0 Å². The van der Waals surface area contributed by atoms with Crippen LogP contribution in [-0.4, -0.2) is 32.4 Å². The summed E-state index contributed by atoms with van der Waals surface area (Å²) in [5.74, 6) is 1.33. The van der Waals surface area contributed by atoms with Crippen molar-refractivity contribution < 1.29 is 6.15 Å². The Morgan fingerprint density at radius 3 is 1.38 bits per heavy atom. The second-order valence-electron chi connectivity index (χ2n) is 6.77. The molecule has 0 aliphatic carbocycles. The van der Waals surface area contributed by atoms with Gasteiger partial charge in [0, 0.05) is 0 Å². The average Bonchev–Trinajstić information content (AvgIpc) is 2.52. The van der Waals surface area contributed by atoms with Gasteiger partial charge in [-0.15, -0.1) is 0 Å². The van der Waals surface area contributed by atoms with Crippen molar-refractivity contribution in [3.63, 3.8) is 0 Å². The van der Waals surface area contributed by atoms with Crippen LogP contribution in [0.25, 0.3) is 0 Å². The Balaban J connectivity index is 4.73. The molecule has 0 N–H and O–H groups in total. The minimum absolute atomic E-state index is 0.663. The summed E-state index contributed by atoms with van der Waals surface area (Å²) in [5, 5.41) is 0. The second-order valence-corrected chi connectivity index (χ2v) is 16.5. The van der Waals surface area contributed by atoms with Gasteiger partial charge in [0.05, 0.1) is 0 Å². The third-order valence-electron chi connectivity index (χ3n) is 4.48. The van der Waals surface area contributed by atoms with Crippen LogP contribution in [0.4, 0.5) is 0 Å². The molecule has 2 nitrogen and oxygen atoms in total. The minimum atomic E-state index is -2.85. The third-order valence-corrected chi connectivity index (χ3v) is 14.8. The summed E-state index contributed by atoms with van der Waals surface area (Å²) in [4.78, 5) is 0. The standard InChI is InChI=1S/2C5H11O.2C4H9.Sn/c2*1-3-5(2)4-6;2*1-3-4-2;/h2*5H,3-4H2,1-2H3;2*1,3-4H2,2H3;/q2*-1;;;+2. The third kappa shape index (κ3) is 10.2. The van der Waals surface area contributed by atoms with E-state index in [2.05, 4.69) is 41.5 Å². The topological polar surface area (TPSA) is 18.5 Å². The zero-order chi connectivity index (χ0) is 16.1. The van der Waals surface area contributed by atoms with E-state index < -0.39 is 19.2 Å². The Kier molecular flexibility index (Phi) is 13.6.